The van der Waals surface area contributed by atoms with E-state index < -0.39 is 47.5 Å². The number of thiazole rings is 1. The lowest BCUT2D eigenvalue weighted by Gasteiger charge is -2.36. The van der Waals surface area contributed by atoms with E-state index in [2.05, 4.69) is 15.4 Å². The molecule has 1 aromatic carbocycles. The van der Waals surface area contributed by atoms with Gasteiger partial charge < -0.3 is 19.9 Å². The molecule has 0 aliphatic carbocycles. The van der Waals surface area contributed by atoms with Crippen molar-refractivity contribution in [3.05, 3.63) is 58.6 Å². The summed E-state index contributed by atoms with van der Waals surface area (Å²) in [4.78, 5) is 20.3. The molecule has 0 radical (unpaired) electrons. The zero-order valence-corrected chi connectivity index (χ0v) is 23.2. The molecule has 1 fully saturated rings. The van der Waals surface area contributed by atoms with Crippen LogP contribution in [-0.2, 0) is 11.2 Å². The molecule has 1 aliphatic rings. The Balaban J connectivity index is 1.48. The number of hydrogen-bond acceptors (Lipinski definition) is 8. The number of rotatable bonds is 5. The van der Waals surface area contributed by atoms with E-state index in [0.29, 0.717) is 55.2 Å². The van der Waals surface area contributed by atoms with E-state index in [1.54, 1.807) is 31.7 Å². The van der Waals surface area contributed by atoms with E-state index >= 15 is 4.39 Å². The highest BCUT2D eigenvalue weighted by atomic mass is 32.1. The largest absolute Gasteiger partial charge is 0.444 e. The molecule has 208 valence electrons. The number of amides is 1. The van der Waals surface area contributed by atoms with Gasteiger partial charge in [-0.05, 0) is 57.4 Å². The van der Waals surface area contributed by atoms with Gasteiger partial charge in [-0.1, -0.05) is 18.3 Å². The van der Waals surface area contributed by atoms with Crippen LogP contribution < -0.4 is 10.2 Å². The van der Waals surface area contributed by atoms with Crippen LogP contribution in [0, 0.1) is 23.0 Å². The molecule has 0 saturated carbocycles. The minimum absolute atomic E-state index is 0.00372. The Bertz CT molecular complexity index is 1800. The molecule has 0 bridgehead atoms. The maximum atomic E-state index is 15.3. The number of anilines is 3. The van der Waals surface area contributed by atoms with Crippen LogP contribution in [0.25, 0.3) is 16.8 Å². The monoisotopic (exact) mass is 569 g/mol. The van der Waals surface area contributed by atoms with Gasteiger partial charge in [-0.15, -0.1) is 0 Å². The number of nitrogens with one attached hydrogen (secondary N) is 1. The summed E-state index contributed by atoms with van der Waals surface area (Å²) in [6.07, 6.45) is 1.32. The van der Waals surface area contributed by atoms with Gasteiger partial charge in [-0.25, -0.2) is 23.1 Å². The summed E-state index contributed by atoms with van der Waals surface area (Å²) in [7, 11) is 0. The molecule has 3 aromatic heterocycles. The molecule has 40 heavy (non-hydrogen) atoms. The highest BCUT2D eigenvalue weighted by Gasteiger charge is 2.28. The van der Waals surface area contributed by atoms with Gasteiger partial charge in [0.15, 0.2) is 10.9 Å². The molecule has 0 atom stereocenters. The molecule has 1 saturated heterocycles. The van der Waals surface area contributed by atoms with E-state index in [-0.39, 0.29) is 21.3 Å². The molecule has 1 N–H and O–H groups in total. The van der Waals surface area contributed by atoms with Gasteiger partial charge in [0, 0.05) is 31.7 Å². The lowest BCUT2D eigenvalue weighted by atomic mass is 10.1. The standard InChI is InChI=1S/C28H29F2N7O2S/c1-5-20-25(33-26-32-24(23(15-31)40-26)17-6-8-18(29)9-7-17)22-14-21(19(30)16-37(22)34-20)35-10-12-36(13-11-35)27(38)39-28(2,3)4/h6-9,14,16H,5,10-13H2,1-4H3,(H,32,33)/i6D,7D,8D,9D. The second-order valence-corrected chi connectivity index (χ2v) is 11.1. The van der Waals surface area contributed by atoms with Gasteiger partial charge in [0.1, 0.15) is 28.1 Å². The SMILES string of the molecule is [2H]c1c([2H])c(-c2nc(Nc3c(CC)nn4cc(F)c(N5CCN(C(=O)OC(C)(C)C)CC5)cc34)sc2C#N)c([2H])c([2H])c1F. The Morgan fingerprint density at radius 2 is 1.93 bits per heavy atom. The van der Waals surface area contributed by atoms with Crippen LogP contribution in [0.1, 0.15) is 43.7 Å². The van der Waals surface area contributed by atoms with Crippen molar-refractivity contribution in [2.75, 3.05) is 36.4 Å². The Morgan fingerprint density at radius 1 is 1.23 bits per heavy atom. The van der Waals surface area contributed by atoms with E-state index in [9.17, 15) is 14.4 Å². The Labute approximate surface area is 240 Å². The van der Waals surface area contributed by atoms with Crippen molar-refractivity contribution in [1.82, 2.24) is 19.5 Å². The number of aryl methyl sites for hydroxylation is 1. The molecule has 5 rings (SSSR count). The van der Waals surface area contributed by atoms with Crippen molar-refractivity contribution in [3.8, 4) is 17.3 Å². The van der Waals surface area contributed by atoms with Gasteiger partial charge in [0.2, 0.25) is 0 Å². The molecule has 4 heterocycles. The first-order chi connectivity index (χ1) is 20.7. The lowest BCUT2D eigenvalue weighted by Crippen LogP contribution is -2.50. The van der Waals surface area contributed by atoms with Crippen LogP contribution in [0.15, 0.2) is 36.4 Å². The van der Waals surface area contributed by atoms with Crippen molar-refractivity contribution >= 4 is 39.5 Å². The number of carbonyl (C=O) groups excluding carboxylic acids is 1. The first-order valence-electron chi connectivity index (χ1n) is 14.6. The predicted molar refractivity (Wildman–Crippen MR) is 150 cm³/mol. The Hall–Kier alpha value is -4.24. The van der Waals surface area contributed by atoms with Crippen molar-refractivity contribution in [2.45, 2.75) is 39.7 Å². The normalized spacial score (nSPS) is 15.3. The zero-order chi connectivity index (χ0) is 32.1. The van der Waals surface area contributed by atoms with Gasteiger partial charge in [-0.2, -0.15) is 10.4 Å². The van der Waals surface area contributed by atoms with Crippen LogP contribution >= 0.6 is 11.3 Å². The molecule has 4 aromatic rings. The van der Waals surface area contributed by atoms with Crippen molar-refractivity contribution in [1.29, 1.82) is 5.26 Å². The van der Waals surface area contributed by atoms with E-state index in [1.807, 2.05) is 17.9 Å². The van der Waals surface area contributed by atoms with E-state index in [1.165, 1.54) is 10.7 Å². The quantitative estimate of drug-likeness (QED) is 0.316. The smallest absolute Gasteiger partial charge is 0.410 e. The lowest BCUT2D eigenvalue weighted by molar-refractivity contribution is 0.0240. The zero-order valence-electron chi connectivity index (χ0n) is 26.4. The van der Waals surface area contributed by atoms with Crippen LogP contribution in [0.2, 0.25) is 0 Å². The summed E-state index contributed by atoms with van der Waals surface area (Å²) in [5, 5.41) is 17.6. The average molecular weight is 570 g/mol. The number of halogens is 2. The molecule has 9 nitrogen and oxygen atoms in total. The van der Waals surface area contributed by atoms with Gasteiger partial charge in [0.25, 0.3) is 0 Å². The third kappa shape index (κ3) is 5.56. The van der Waals surface area contributed by atoms with E-state index in [4.69, 9.17) is 10.2 Å². The number of pyridine rings is 1. The Morgan fingerprint density at radius 3 is 2.55 bits per heavy atom. The number of nitriles is 1. The van der Waals surface area contributed by atoms with Crippen molar-refractivity contribution in [3.63, 3.8) is 0 Å². The van der Waals surface area contributed by atoms with Crippen LogP contribution in [0.5, 0.6) is 0 Å². The maximum Gasteiger partial charge on any atom is 0.410 e. The summed E-state index contributed by atoms with van der Waals surface area (Å²) in [5.74, 6) is -1.79. The molecule has 1 amide bonds. The summed E-state index contributed by atoms with van der Waals surface area (Å²) >= 11 is 0.919. The molecular formula is C28H29F2N7O2S. The number of hydrogen-bond donors (Lipinski definition) is 1. The third-order valence-corrected chi connectivity index (χ3v) is 7.05. The number of nitrogens with zero attached hydrogens (tertiary/aromatic N) is 6. The van der Waals surface area contributed by atoms with E-state index in [0.717, 1.165) is 11.3 Å². The molecular weight excluding hydrogens is 536 g/mol. The first kappa shape index (κ1) is 22.6. The molecule has 0 spiro atoms. The fourth-order valence-electron chi connectivity index (χ4n) is 4.33. The topological polar surface area (TPSA) is 98.8 Å². The predicted octanol–water partition coefficient (Wildman–Crippen LogP) is 5.97. The summed E-state index contributed by atoms with van der Waals surface area (Å²) in [5.41, 5.74) is 0.908. The fraction of sp³-hybridized carbons (Fsp3) is 0.357. The fourth-order valence-corrected chi connectivity index (χ4v) is 5.10. The Kier molecular flexibility index (Phi) is 6.05. The van der Waals surface area contributed by atoms with Crippen LogP contribution in [-0.4, -0.2) is 57.4 Å². The van der Waals surface area contributed by atoms with Crippen LogP contribution in [0.3, 0.4) is 0 Å². The second kappa shape index (κ2) is 10.7. The number of benzene rings is 1. The van der Waals surface area contributed by atoms with Gasteiger partial charge >= 0.3 is 6.09 Å². The summed E-state index contributed by atoms with van der Waals surface area (Å²) in [6.45, 7) is 8.72. The summed E-state index contributed by atoms with van der Waals surface area (Å²) in [6, 6.07) is 0.616. The number of fused-ring (bicyclic) bond motifs is 1. The first-order valence-corrected chi connectivity index (χ1v) is 13.4. The minimum Gasteiger partial charge on any atom is -0.444 e. The molecule has 12 heteroatoms. The highest BCUT2D eigenvalue weighted by Crippen LogP contribution is 2.36. The number of ether oxygens (including phenoxy) is 1. The van der Waals surface area contributed by atoms with Crippen molar-refractivity contribution in [2.24, 2.45) is 0 Å². The highest BCUT2D eigenvalue weighted by molar-refractivity contribution is 7.16. The third-order valence-electron chi connectivity index (χ3n) is 6.17. The minimum atomic E-state index is -1.29. The molecule has 0 unspecified atom stereocenters. The second-order valence-electron chi connectivity index (χ2n) is 10.1. The summed E-state index contributed by atoms with van der Waals surface area (Å²) < 4.78 is 68.4. The molecule has 1 aliphatic heterocycles. The van der Waals surface area contributed by atoms with Gasteiger partial charge in [0.05, 0.1) is 34.3 Å². The van der Waals surface area contributed by atoms with Crippen LogP contribution in [0.4, 0.5) is 30.1 Å². The number of aromatic nitrogens is 3. The maximum absolute atomic E-state index is 15.3. The van der Waals surface area contributed by atoms with Crippen molar-refractivity contribution < 1.29 is 23.8 Å². The number of carbonyl (C=O) groups is 1. The van der Waals surface area contributed by atoms with Gasteiger partial charge in [-0.3, -0.25) is 0 Å². The average Bonchev–Trinajstić information content (AvgIpc) is 3.54. The number of piperazine rings is 1.